The van der Waals surface area contributed by atoms with Crippen LogP contribution in [0.5, 0.6) is 0 Å². The van der Waals surface area contributed by atoms with Crippen molar-refractivity contribution in [3.05, 3.63) is 35.9 Å². The molecule has 114 valence electrons. The highest BCUT2D eigenvalue weighted by atomic mass is 16.4. The van der Waals surface area contributed by atoms with Gasteiger partial charge in [0, 0.05) is 18.6 Å². The molecule has 0 saturated carbocycles. The molecule has 3 atom stereocenters. The van der Waals surface area contributed by atoms with Crippen LogP contribution in [-0.4, -0.2) is 47.7 Å². The summed E-state index contributed by atoms with van der Waals surface area (Å²) in [6.45, 7) is 2.76. The Bertz CT molecular complexity index is 471. The number of hydrogen-bond donors (Lipinski definition) is 2. The molecule has 2 heterocycles. The second-order valence-corrected chi connectivity index (χ2v) is 6.21. The topological polar surface area (TPSA) is 52.6 Å². The molecule has 4 heteroatoms. The first-order valence-corrected chi connectivity index (χ1v) is 8.01. The van der Waals surface area contributed by atoms with E-state index >= 15 is 0 Å². The van der Waals surface area contributed by atoms with E-state index in [1.165, 1.54) is 25.7 Å². The summed E-state index contributed by atoms with van der Waals surface area (Å²) >= 11 is 0. The number of nitrogens with one attached hydrogen (secondary N) is 1. The van der Waals surface area contributed by atoms with E-state index in [4.69, 9.17) is 0 Å². The fraction of sp³-hybridized carbons (Fsp3) is 0.588. The molecule has 1 aromatic rings. The summed E-state index contributed by atoms with van der Waals surface area (Å²) in [5.74, 6) is -1.14. The summed E-state index contributed by atoms with van der Waals surface area (Å²) in [5, 5.41) is 13.2. The monoisotopic (exact) mass is 288 g/mol. The Morgan fingerprint density at radius 2 is 2.10 bits per heavy atom. The average Bonchev–Trinajstić information content (AvgIpc) is 3.16. The molecule has 0 spiro atoms. The Kier molecular flexibility index (Phi) is 4.56. The van der Waals surface area contributed by atoms with Crippen molar-refractivity contribution in [2.75, 3.05) is 19.6 Å². The van der Waals surface area contributed by atoms with Crippen LogP contribution in [-0.2, 0) is 4.79 Å². The molecule has 4 nitrogen and oxygen atoms in total. The first-order valence-electron chi connectivity index (χ1n) is 8.01. The van der Waals surface area contributed by atoms with Gasteiger partial charge in [-0.05, 0) is 44.3 Å². The summed E-state index contributed by atoms with van der Waals surface area (Å²) in [5.41, 5.74) is 0.912. The Balaban J connectivity index is 1.71. The van der Waals surface area contributed by atoms with Gasteiger partial charge in [0.05, 0.1) is 5.92 Å². The molecule has 0 amide bonds. The van der Waals surface area contributed by atoms with E-state index in [1.54, 1.807) is 0 Å². The number of carbonyl (C=O) groups is 1. The maximum absolute atomic E-state index is 11.7. The van der Waals surface area contributed by atoms with Crippen LogP contribution >= 0.6 is 0 Å². The van der Waals surface area contributed by atoms with Gasteiger partial charge in [-0.25, -0.2) is 0 Å². The standard InChI is InChI=1S/C17H24N2O2/c20-17(21)14(13-6-2-1-3-7-13)12-19-11-5-9-16(19)15-8-4-10-18-15/h1-3,6-7,14-16,18H,4-5,8-12H2,(H,20,21). The van der Waals surface area contributed by atoms with E-state index in [-0.39, 0.29) is 0 Å². The lowest BCUT2D eigenvalue weighted by Crippen LogP contribution is -2.46. The normalized spacial score (nSPS) is 27.8. The minimum absolute atomic E-state index is 0.423. The average molecular weight is 288 g/mol. The van der Waals surface area contributed by atoms with E-state index in [1.807, 2.05) is 30.3 Å². The summed E-state index contributed by atoms with van der Waals surface area (Å²) in [6, 6.07) is 10.7. The van der Waals surface area contributed by atoms with Gasteiger partial charge in [-0.15, -0.1) is 0 Å². The Morgan fingerprint density at radius 1 is 1.29 bits per heavy atom. The predicted molar refractivity (Wildman–Crippen MR) is 82.4 cm³/mol. The van der Waals surface area contributed by atoms with Gasteiger partial charge in [-0.1, -0.05) is 30.3 Å². The summed E-state index contributed by atoms with van der Waals surface area (Å²) in [7, 11) is 0. The highest BCUT2D eigenvalue weighted by molar-refractivity contribution is 5.76. The number of aliphatic carboxylic acids is 1. The van der Waals surface area contributed by atoms with Crippen molar-refractivity contribution in [2.24, 2.45) is 0 Å². The lowest BCUT2D eigenvalue weighted by molar-refractivity contribution is -0.139. The third kappa shape index (κ3) is 3.27. The zero-order valence-corrected chi connectivity index (χ0v) is 12.4. The molecule has 0 bridgehead atoms. The number of rotatable bonds is 5. The Labute approximate surface area is 126 Å². The molecule has 1 aromatic carbocycles. The van der Waals surface area contributed by atoms with Crippen LogP contribution in [0.4, 0.5) is 0 Å². The second-order valence-electron chi connectivity index (χ2n) is 6.21. The van der Waals surface area contributed by atoms with Gasteiger partial charge < -0.3 is 10.4 Å². The highest BCUT2D eigenvalue weighted by Gasteiger charge is 2.35. The van der Waals surface area contributed by atoms with E-state index in [0.717, 1.165) is 18.7 Å². The Hall–Kier alpha value is -1.39. The molecule has 3 rings (SSSR count). The van der Waals surface area contributed by atoms with Crippen molar-refractivity contribution in [3.8, 4) is 0 Å². The van der Waals surface area contributed by atoms with E-state index in [9.17, 15) is 9.90 Å². The fourth-order valence-electron chi connectivity index (χ4n) is 3.82. The third-order valence-electron chi connectivity index (χ3n) is 4.89. The Morgan fingerprint density at radius 3 is 2.76 bits per heavy atom. The highest BCUT2D eigenvalue weighted by Crippen LogP contribution is 2.28. The van der Waals surface area contributed by atoms with Gasteiger partial charge in [0.15, 0.2) is 0 Å². The van der Waals surface area contributed by atoms with Crippen molar-refractivity contribution >= 4 is 5.97 Å². The maximum Gasteiger partial charge on any atom is 0.312 e. The predicted octanol–water partition coefficient (Wildman–Crippen LogP) is 2.07. The maximum atomic E-state index is 11.7. The lowest BCUT2D eigenvalue weighted by atomic mass is 9.97. The minimum atomic E-state index is -0.716. The fourth-order valence-corrected chi connectivity index (χ4v) is 3.82. The molecule has 2 aliphatic heterocycles. The van der Waals surface area contributed by atoms with Crippen LogP contribution in [0.2, 0.25) is 0 Å². The van der Waals surface area contributed by atoms with Crippen LogP contribution in [0.15, 0.2) is 30.3 Å². The molecule has 2 fully saturated rings. The largest absolute Gasteiger partial charge is 0.481 e. The number of carboxylic acids is 1. The van der Waals surface area contributed by atoms with Crippen molar-refractivity contribution < 1.29 is 9.90 Å². The number of carboxylic acid groups (broad SMARTS) is 1. The molecule has 2 N–H and O–H groups in total. The summed E-state index contributed by atoms with van der Waals surface area (Å²) in [6.07, 6.45) is 4.85. The third-order valence-corrected chi connectivity index (χ3v) is 4.89. The van der Waals surface area contributed by atoms with Crippen LogP contribution in [0.1, 0.15) is 37.2 Å². The quantitative estimate of drug-likeness (QED) is 0.871. The van der Waals surface area contributed by atoms with Crippen molar-refractivity contribution in [2.45, 2.75) is 43.7 Å². The van der Waals surface area contributed by atoms with Crippen LogP contribution in [0.25, 0.3) is 0 Å². The zero-order valence-electron chi connectivity index (χ0n) is 12.4. The van der Waals surface area contributed by atoms with Gasteiger partial charge >= 0.3 is 5.97 Å². The smallest absolute Gasteiger partial charge is 0.312 e. The first-order chi connectivity index (χ1) is 10.3. The molecular weight excluding hydrogens is 264 g/mol. The number of benzene rings is 1. The number of nitrogens with zero attached hydrogens (tertiary/aromatic N) is 1. The van der Waals surface area contributed by atoms with E-state index < -0.39 is 11.9 Å². The van der Waals surface area contributed by atoms with Gasteiger partial charge in [0.2, 0.25) is 0 Å². The van der Waals surface area contributed by atoms with Crippen molar-refractivity contribution in [3.63, 3.8) is 0 Å². The molecule has 0 aromatic heterocycles. The lowest BCUT2D eigenvalue weighted by Gasteiger charge is -2.31. The molecule has 2 saturated heterocycles. The zero-order chi connectivity index (χ0) is 14.7. The molecule has 0 aliphatic carbocycles. The summed E-state index contributed by atoms with van der Waals surface area (Å²) in [4.78, 5) is 14.1. The van der Waals surface area contributed by atoms with Gasteiger partial charge in [-0.3, -0.25) is 9.69 Å². The van der Waals surface area contributed by atoms with Crippen molar-refractivity contribution in [1.82, 2.24) is 10.2 Å². The molecular formula is C17H24N2O2. The van der Waals surface area contributed by atoms with Gasteiger partial charge in [0.1, 0.15) is 0 Å². The van der Waals surface area contributed by atoms with Gasteiger partial charge in [-0.2, -0.15) is 0 Å². The molecule has 2 aliphatic rings. The van der Waals surface area contributed by atoms with E-state index in [0.29, 0.717) is 18.6 Å². The van der Waals surface area contributed by atoms with Crippen LogP contribution in [0.3, 0.4) is 0 Å². The summed E-state index contributed by atoms with van der Waals surface area (Å²) < 4.78 is 0. The number of hydrogen-bond acceptors (Lipinski definition) is 3. The molecule has 0 radical (unpaired) electrons. The van der Waals surface area contributed by atoms with Crippen LogP contribution in [0, 0.1) is 0 Å². The number of likely N-dealkylation sites (tertiary alicyclic amines) is 1. The van der Waals surface area contributed by atoms with Gasteiger partial charge in [0.25, 0.3) is 0 Å². The second kappa shape index (κ2) is 6.58. The van der Waals surface area contributed by atoms with E-state index in [2.05, 4.69) is 10.2 Å². The van der Waals surface area contributed by atoms with Crippen molar-refractivity contribution in [1.29, 1.82) is 0 Å². The molecule has 3 unspecified atom stereocenters. The van der Waals surface area contributed by atoms with Crippen LogP contribution < -0.4 is 5.32 Å². The SMILES string of the molecule is O=C(O)C(CN1CCCC1C1CCCN1)c1ccccc1. The first kappa shape index (κ1) is 14.5. The molecule has 21 heavy (non-hydrogen) atoms. The minimum Gasteiger partial charge on any atom is -0.481 e.